The molecule has 5 heteroatoms. The second-order valence-corrected chi connectivity index (χ2v) is 3.84. The Kier molecular flexibility index (Phi) is 3.25. The van der Waals surface area contributed by atoms with Crippen molar-refractivity contribution in [2.75, 3.05) is 0 Å². The lowest BCUT2D eigenvalue weighted by Gasteiger charge is -2.11. The van der Waals surface area contributed by atoms with Gasteiger partial charge < -0.3 is 10.2 Å². The van der Waals surface area contributed by atoms with Crippen molar-refractivity contribution in [3.05, 3.63) is 69.8 Å². The quantitative estimate of drug-likeness (QED) is 0.642. The maximum Gasteiger partial charge on any atom is 0.269 e. The summed E-state index contributed by atoms with van der Waals surface area (Å²) >= 11 is 0. The van der Waals surface area contributed by atoms with E-state index >= 15 is 0 Å². The van der Waals surface area contributed by atoms with E-state index in [4.69, 9.17) is 5.11 Å². The number of hydrogen-bond acceptors (Lipinski definition) is 4. The first kappa shape index (κ1) is 12.1. The predicted molar refractivity (Wildman–Crippen MR) is 65.3 cm³/mol. The lowest BCUT2D eigenvalue weighted by Crippen LogP contribution is -1.99. The average molecular weight is 245 g/mol. The number of aromatic hydroxyl groups is 1. The first-order chi connectivity index (χ1) is 8.58. The number of rotatable bonds is 3. The predicted octanol–water partition coefficient (Wildman–Crippen LogP) is 2.38. The molecule has 2 N–H and O–H groups in total. The summed E-state index contributed by atoms with van der Waals surface area (Å²) in [7, 11) is 0. The molecule has 0 saturated heterocycles. The molecule has 0 heterocycles. The minimum Gasteiger partial charge on any atom is -0.508 e. The highest BCUT2D eigenvalue weighted by Crippen LogP contribution is 2.25. The fourth-order valence-corrected chi connectivity index (χ4v) is 1.63. The maximum atomic E-state index is 10.5. The summed E-state index contributed by atoms with van der Waals surface area (Å²) in [6, 6.07) is 11.9. The van der Waals surface area contributed by atoms with Crippen LogP contribution in [0.15, 0.2) is 48.5 Å². The molecule has 2 rings (SSSR count). The molecule has 1 unspecified atom stereocenters. The Balaban J connectivity index is 2.25. The van der Waals surface area contributed by atoms with Crippen LogP contribution >= 0.6 is 0 Å². The number of nitro groups is 1. The summed E-state index contributed by atoms with van der Waals surface area (Å²) < 4.78 is 0. The molecule has 0 aliphatic heterocycles. The third-order valence-electron chi connectivity index (χ3n) is 2.63. The fraction of sp³-hybridized carbons (Fsp3) is 0.0769. The van der Waals surface area contributed by atoms with Crippen molar-refractivity contribution in [1.82, 2.24) is 0 Å². The van der Waals surface area contributed by atoms with Crippen LogP contribution in [0.5, 0.6) is 5.75 Å². The van der Waals surface area contributed by atoms with Gasteiger partial charge in [-0.25, -0.2) is 0 Å². The zero-order chi connectivity index (χ0) is 13.1. The van der Waals surface area contributed by atoms with E-state index in [0.29, 0.717) is 11.1 Å². The highest BCUT2D eigenvalue weighted by Gasteiger charge is 2.12. The Morgan fingerprint density at radius 3 is 1.83 bits per heavy atom. The van der Waals surface area contributed by atoms with E-state index in [1.54, 1.807) is 12.1 Å². The molecule has 0 fully saturated rings. The van der Waals surface area contributed by atoms with E-state index < -0.39 is 11.0 Å². The van der Waals surface area contributed by atoms with E-state index in [-0.39, 0.29) is 11.4 Å². The highest BCUT2D eigenvalue weighted by atomic mass is 16.6. The van der Waals surface area contributed by atoms with Gasteiger partial charge in [-0.3, -0.25) is 10.1 Å². The van der Waals surface area contributed by atoms with Gasteiger partial charge in [-0.1, -0.05) is 12.1 Å². The number of benzene rings is 2. The molecule has 2 aromatic rings. The largest absolute Gasteiger partial charge is 0.508 e. The van der Waals surface area contributed by atoms with Crippen molar-refractivity contribution in [3.8, 4) is 5.75 Å². The molecule has 92 valence electrons. The van der Waals surface area contributed by atoms with E-state index in [1.807, 2.05) is 0 Å². The zero-order valence-corrected chi connectivity index (χ0v) is 9.35. The second-order valence-electron chi connectivity index (χ2n) is 3.84. The van der Waals surface area contributed by atoms with Crippen LogP contribution in [0.3, 0.4) is 0 Å². The number of phenols is 1. The van der Waals surface area contributed by atoms with Crippen molar-refractivity contribution in [3.63, 3.8) is 0 Å². The monoisotopic (exact) mass is 245 g/mol. The summed E-state index contributed by atoms with van der Waals surface area (Å²) in [6.45, 7) is 0. The molecule has 0 bridgehead atoms. The van der Waals surface area contributed by atoms with Crippen LogP contribution < -0.4 is 0 Å². The van der Waals surface area contributed by atoms with Crippen LogP contribution in [0.1, 0.15) is 17.2 Å². The van der Waals surface area contributed by atoms with Crippen LogP contribution in [0, 0.1) is 10.1 Å². The molecular weight excluding hydrogens is 234 g/mol. The number of nitrogens with zero attached hydrogens (tertiary/aromatic N) is 1. The molecule has 0 spiro atoms. The minimum absolute atomic E-state index is 0.0170. The second kappa shape index (κ2) is 4.85. The van der Waals surface area contributed by atoms with Crippen molar-refractivity contribution >= 4 is 5.69 Å². The van der Waals surface area contributed by atoms with E-state index in [1.165, 1.54) is 36.4 Å². The van der Waals surface area contributed by atoms with Gasteiger partial charge in [0.25, 0.3) is 5.69 Å². The number of aliphatic hydroxyl groups is 1. The molecule has 5 nitrogen and oxygen atoms in total. The van der Waals surface area contributed by atoms with Crippen LogP contribution in [-0.4, -0.2) is 15.1 Å². The molecule has 0 aromatic heterocycles. The van der Waals surface area contributed by atoms with Gasteiger partial charge in [0.1, 0.15) is 11.9 Å². The molecular formula is C13H11NO4. The summed E-state index contributed by atoms with van der Waals surface area (Å²) in [4.78, 5) is 10.0. The summed E-state index contributed by atoms with van der Waals surface area (Å²) in [5.41, 5.74) is 1.16. The molecule has 0 radical (unpaired) electrons. The first-order valence-corrected chi connectivity index (χ1v) is 5.29. The molecule has 0 amide bonds. The number of phenolic OH excluding ortho intramolecular Hbond substituents is 1. The number of hydrogen-bond donors (Lipinski definition) is 2. The average Bonchev–Trinajstić information content (AvgIpc) is 2.39. The zero-order valence-electron chi connectivity index (χ0n) is 9.35. The molecule has 0 aliphatic rings. The lowest BCUT2D eigenvalue weighted by molar-refractivity contribution is -0.384. The molecule has 18 heavy (non-hydrogen) atoms. The van der Waals surface area contributed by atoms with Gasteiger partial charge in [0.05, 0.1) is 4.92 Å². The number of non-ortho nitro benzene ring substituents is 1. The normalized spacial score (nSPS) is 12.1. The van der Waals surface area contributed by atoms with Crippen molar-refractivity contribution < 1.29 is 15.1 Å². The Morgan fingerprint density at radius 1 is 0.944 bits per heavy atom. The third-order valence-corrected chi connectivity index (χ3v) is 2.63. The number of aliphatic hydroxyl groups excluding tert-OH is 1. The summed E-state index contributed by atoms with van der Waals surface area (Å²) in [6.07, 6.45) is -0.869. The van der Waals surface area contributed by atoms with Crippen LogP contribution in [0.25, 0.3) is 0 Å². The first-order valence-electron chi connectivity index (χ1n) is 5.29. The van der Waals surface area contributed by atoms with E-state index in [2.05, 4.69) is 0 Å². The van der Waals surface area contributed by atoms with Crippen LogP contribution in [0.4, 0.5) is 5.69 Å². The Hall–Kier alpha value is -2.40. The highest BCUT2D eigenvalue weighted by molar-refractivity contribution is 5.38. The fourth-order valence-electron chi connectivity index (χ4n) is 1.63. The van der Waals surface area contributed by atoms with Gasteiger partial charge in [0.15, 0.2) is 0 Å². The smallest absolute Gasteiger partial charge is 0.269 e. The van der Waals surface area contributed by atoms with Gasteiger partial charge in [0.2, 0.25) is 0 Å². The van der Waals surface area contributed by atoms with E-state index in [9.17, 15) is 15.2 Å². The minimum atomic E-state index is -0.869. The van der Waals surface area contributed by atoms with Crippen LogP contribution in [-0.2, 0) is 0 Å². The maximum absolute atomic E-state index is 10.5. The Labute approximate surface area is 103 Å². The van der Waals surface area contributed by atoms with Crippen molar-refractivity contribution in [2.45, 2.75) is 6.10 Å². The summed E-state index contributed by atoms with van der Waals surface area (Å²) in [5, 5.41) is 29.7. The Bertz CT molecular complexity index is 548. The molecule has 0 aliphatic carbocycles. The standard InChI is InChI=1S/C13H11NO4/c15-12-7-3-10(4-8-12)13(16)9-1-5-11(6-2-9)14(17)18/h1-8,13,15-16H. The Morgan fingerprint density at radius 2 is 1.39 bits per heavy atom. The van der Waals surface area contributed by atoms with Gasteiger partial charge in [-0.2, -0.15) is 0 Å². The molecule has 2 aromatic carbocycles. The summed E-state index contributed by atoms with van der Waals surface area (Å²) in [5.74, 6) is 0.120. The van der Waals surface area contributed by atoms with E-state index in [0.717, 1.165) is 0 Å². The van der Waals surface area contributed by atoms with Gasteiger partial charge in [-0.05, 0) is 35.4 Å². The van der Waals surface area contributed by atoms with Gasteiger partial charge in [-0.15, -0.1) is 0 Å². The van der Waals surface area contributed by atoms with Crippen molar-refractivity contribution in [1.29, 1.82) is 0 Å². The van der Waals surface area contributed by atoms with Gasteiger partial charge >= 0.3 is 0 Å². The van der Waals surface area contributed by atoms with Crippen molar-refractivity contribution in [2.24, 2.45) is 0 Å². The number of nitro benzene ring substituents is 1. The third kappa shape index (κ3) is 2.46. The molecule has 1 atom stereocenters. The van der Waals surface area contributed by atoms with Gasteiger partial charge in [0, 0.05) is 12.1 Å². The topological polar surface area (TPSA) is 83.6 Å². The lowest BCUT2D eigenvalue weighted by atomic mass is 10.0. The SMILES string of the molecule is O=[N+]([O-])c1ccc(C(O)c2ccc(O)cc2)cc1. The van der Waals surface area contributed by atoms with Crippen LogP contribution in [0.2, 0.25) is 0 Å². The molecule has 0 saturated carbocycles.